The van der Waals surface area contributed by atoms with Gasteiger partial charge in [0.05, 0.1) is 18.4 Å². The Labute approximate surface area is 157 Å². The van der Waals surface area contributed by atoms with Crippen LogP contribution in [0.4, 0.5) is 0 Å². The molecule has 2 aromatic heterocycles. The van der Waals surface area contributed by atoms with Crippen molar-refractivity contribution in [3.05, 3.63) is 59.0 Å². The van der Waals surface area contributed by atoms with E-state index in [1.54, 1.807) is 20.1 Å². The highest BCUT2D eigenvalue weighted by molar-refractivity contribution is 5.96. The molecule has 0 aliphatic rings. The Morgan fingerprint density at radius 2 is 2.04 bits per heavy atom. The maximum atomic E-state index is 12.6. The molecule has 0 aliphatic heterocycles. The van der Waals surface area contributed by atoms with Crippen LogP contribution >= 0.6 is 0 Å². The molecule has 1 atom stereocenters. The second-order valence-electron chi connectivity index (χ2n) is 6.50. The maximum absolute atomic E-state index is 12.6. The summed E-state index contributed by atoms with van der Waals surface area (Å²) in [7, 11) is 1.63. The fourth-order valence-electron chi connectivity index (χ4n) is 3.06. The van der Waals surface area contributed by atoms with Crippen molar-refractivity contribution in [3.63, 3.8) is 0 Å². The van der Waals surface area contributed by atoms with Gasteiger partial charge < -0.3 is 10.1 Å². The number of nitrogens with zero attached hydrogens (tertiary/aromatic N) is 3. The van der Waals surface area contributed by atoms with Crippen LogP contribution in [0.2, 0.25) is 0 Å². The average Bonchev–Trinajstić information content (AvgIpc) is 3.07. The number of methoxy groups -OCH3 is 1. The number of aromatic nitrogens is 3. The van der Waals surface area contributed by atoms with Crippen LogP contribution in [0.5, 0.6) is 5.75 Å². The van der Waals surface area contributed by atoms with Gasteiger partial charge in [-0.15, -0.1) is 0 Å². The number of carbonyl (C=O) groups is 2. The van der Waals surface area contributed by atoms with Gasteiger partial charge >= 0.3 is 0 Å². The summed E-state index contributed by atoms with van der Waals surface area (Å²) in [4.78, 5) is 28.5. The zero-order valence-electron chi connectivity index (χ0n) is 15.8. The summed E-state index contributed by atoms with van der Waals surface area (Å²) in [5.41, 5.74) is 2.96. The van der Waals surface area contributed by atoms with E-state index in [4.69, 9.17) is 4.74 Å². The van der Waals surface area contributed by atoms with Crippen molar-refractivity contribution in [3.8, 4) is 5.75 Å². The van der Waals surface area contributed by atoms with Crippen LogP contribution in [0.25, 0.3) is 5.65 Å². The number of benzene rings is 1. The van der Waals surface area contributed by atoms with Crippen molar-refractivity contribution < 1.29 is 14.3 Å². The zero-order valence-corrected chi connectivity index (χ0v) is 15.8. The quantitative estimate of drug-likeness (QED) is 0.678. The first kappa shape index (κ1) is 18.6. The Morgan fingerprint density at radius 3 is 2.74 bits per heavy atom. The monoisotopic (exact) mass is 366 g/mol. The van der Waals surface area contributed by atoms with Crippen molar-refractivity contribution in [2.24, 2.45) is 0 Å². The number of nitrogens with one attached hydrogen (secondary N) is 1. The normalized spacial score (nSPS) is 12.0. The Bertz CT molecular complexity index is 1010. The summed E-state index contributed by atoms with van der Waals surface area (Å²) in [6.45, 7) is 5.19. The third-order valence-electron chi connectivity index (χ3n) is 4.43. The standard InChI is InChI=1S/C20H22N4O3/c1-12(9-15-7-5-6-8-18(15)27-4)22-20(26)17-10-19-21-11-16(14(3)25)13(2)24(19)23-17/h5-8,10-12H,9H2,1-4H3,(H,22,26)/t12-/m0/s1. The summed E-state index contributed by atoms with van der Waals surface area (Å²) in [5.74, 6) is 0.420. The molecule has 0 saturated heterocycles. The number of hydrogen-bond acceptors (Lipinski definition) is 5. The van der Waals surface area contributed by atoms with Crippen LogP contribution in [0.15, 0.2) is 36.5 Å². The van der Waals surface area contributed by atoms with E-state index >= 15 is 0 Å². The first-order chi connectivity index (χ1) is 12.9. The van der Waals surface area contributed by atoms with Crippen molar-refractivity contribution >= 4 is 17.3 Å². The highest BCUT2D eigenvalue weighted by Crippen LogP contribution is 2.19. The lowest BCUT2D eigenvalue weighted by molar-refractivity contribution is 0.0934. The summed E-state index contributed by atoms with van der Waals surface area (Å²) < 4.78 is 6.88. The van der Waals surface area contributed by atoms with Gasteiger partial charge in [-0.05, 0) is 38.8 Å². The molecule has 0 spiro atoms. The Hall–Kier alpha value is -3.22. The van der Waals surface area contributed by atoms with Crippen LogP contribution < -0.4 is 10.1 Å². The molecule has 0 unspecified atom stereocenters. The number of Topliss-reactive ketones (excluding diaryl/α,β-unsaturated/α-hetero) is 1. The van der Waals surface area contributed by atoms with E-state index in [1.807, 2.05) is 31.2 Å². The van der Waals surface area contributed by atoms with Gasteiger partial charge in [-0.1, -0.05) is 18.2 Å². The second kappa shape index (κ2) is 7.57. The largest absolute Gasteiger partial charge is 0.496 e. The lowest BCUT2D eigenvalue weighted by Crippen LogP contribution is -2.34. The van der Waals surface area contributed by atoms with Gasteiger partial charge in [0.15, 0.2) is 17.1 Å². The molecule has 2 heterocycles. The zero-order chi connectivity index (χ0) is 19.6. The van der Waals surface area contributed by atoms with Gasteiger partial charge in [-0.2, -0.15) is 5.10 Å². The summed E-state index contributed by atoms with van der Waals surface area (Å²) in [6, 6.07) is 9.22. The first-order valence-electron chi connectivity index (χ1n) is 8.69. The molecular formula is C20H22N4O3. The summed E-state index contributed by atoms with van der Waals surface area (Å²) >= 11 is 0. The van der Waals surface area contributed by atoms with Gasteiger partial charge in [0.1, 0.15) is 5.75 Å². The smallest absolute Gasteiger partial charge is 0.272 e. The number of para-hydroxylation sites is 1. The Kier molecular flexibility index (Phi) is 5.21. The minimum absolute atomic E-state index is 0.0890. The van der Waals surface area contributed by atoms with Crippen molar-refractivity contribution in [1.29, 1.82) is 0 Å². The highest BCUT2D eigenvalue weighted by atomic mass is 16.5. The van der Waals surface area contributed by atoms with E-state index in [9.17, 15) is 9.59 Å². The molecule has 0 radical (unpaired) electrons. The molecule has 1 amide bonds. The van der Waals surface area contributed by atoms with Gasteiger partial charge in [0, 0.05) is 18.3 Å². The SMILES string of the molecule is COc1ccccc1C[C@H](C)NC(=O)c1cc2ncc(C(C)=O)c(C)n2n1. The number of hydrogen-bond donors (Lipinski definition) is 1. The lowest BCUT2D eigenvalue weighted by atomic mass is 10.1. The number of carbonyl (C=O) groups excluding carboxylic acids is 2. The minimum Gasteiger partial charge on any atom is -0.496 e. The minimum atomic E-state index is -0.285. The highest BCUT2D eigenvalue weighted by Gasteiger charge is 2.17. The molecule has 0 aliphatic carbocycles. The summed E-state index contributed by atoms with van der Waals surface area (Å²) in [5, 5.41) is 7.26. The number of ketones is 1. The van der Waals surface area contributed by atoms with Crippen molar-refractivity contribution in [2.45, 2.75) is 33.2 Å². The molecule has 1 aromatic carbocycles. The molecular weight excluding hydrogens is 344 g/mol. The topological polar surface area (TPSA) is 85.6 Å². The van der Waals surface area contributed by atoms with Crippen molar-refractivity contribution in [2.75, 3.05) is 7.11 Å². The maximum Gasteiger partial charge on any atom is 0.272 e. The molecule has 140 valence electrons. The molecule has 7 nitrogen and oxygen atoms in total. The predicted octanol–water partition coefficient (Wildman–Crippen LogP) is 2.61. The van der Waals surface area contributed by atoms with Gasteiger partial charge in [0.25, 0.3) is 5.91 Å². The van der Waals surface area contributed by atoms with Crippen LogP contribution in [0.1, 0.15) is 46.0 Å². The van der Waals surface area contributed by atoms with E-state index in [2.05, 4.69) is 15.4 Å². The number of aryl methyl sites for hydroxylation is 1. The number of rotatable bonds is 6. The third kappa shape index (κ3) is 3.81. The average molecular weight is 366 g/mol. The molecule has 27 heavy (non-hydrogen) atoms. The molecule has 7 heteroatoms. The third-order valence-corrected chi connectivity index (χ3v) is 4.43. The van der Waals surface area contributed by atoms with Gasteiger partial charge in [-0.25, -0.2) is 9.50 Å². The fraction of sp³-hybridized carbons (Fsp3) is 0.300. The second-order valence-corrected chi connectivity index (χ2v) is 6.50. The molecule has 3 rings (SSSR count). The van der Waals surface area contributed by atoms with E-state index in [0.717, 1.165) is 11.3 Å². The number of amides is 1. The van der Waals surface area contributed by atoms with Crippen LogP contribution in [0.3, 0.4) is 0 Å². The van der Waals surface area contributed by atoms with E-state index < -0.39 is 0 Å². The van der Waals surface area contributed by atoms with Crippen molar-refractivity contribution in [1.82, 2.24) is 19.9 Å². The van der Waals surface area contributed by atoms with Gasteiger partial charge in [-0.3, -0.25) is 9.59 Å². The van der Waals surface area contributed by atoms with Gasteiger partial charge in [0.2, 0.25) is 0 Å². The van der Waals surface area contributed by atoms with Crippen LogP contribution in [-0.4, -0.2) is 39.4 Å². The van der Waals surface area contributed by atoms with E-state index in [-0.39, 0.29) is 23.4 Å². The van der Waals surface area contributed by atoms with E-state index in [0.29, 0.717) is 23.3 Å². The first-order valence-corrected chi connectivity index (χ1v) is 8.69. The molecule has 1 N–H and O–H groups in total. The molecule has 3 aromatic rings. The van der Waals surface area contributed by atoms with Crippen LogP contribution in [0, 0.1) is 6.92 Å². The predicted molar refractivity (Wildman–Crippen MR) is 101 cm³/mol. The number of fused-ring (bicyclic) bond motifs is 1. The molecule has 0 bridgehead atoms. The van der Waals surface area contributed by atoms with Crippen LogP contribution in [-0.2, 0) is 6.42 Å². The fourth-order valence-corrected chi connectivity index (χ4v) is 3.06. The lowest BCUT2D eigenvalue weighted by Gasteiger charge is -2.15. The number of ether oxygens (including phenoxy) is 1. The molecule has 0 fully saturated rings. The Morgan fingerprint density at radius 1 is 1.30 bits per heavy atom. The van der Waals surface area contributed by atoms with E-state index in [1.165, 1.54) is 17.6 Å². The Balaban J connectivity index is 1.77. The summed E-state index contributed by atoms with van der Waals surface area (Å²) in [6.07, 6.45) is 2.15. The molecule has 0 saturated carbocycles.